The van der Waals surface area contributed by atoms with Gasteiger partial charge in [-0.05, 0) is 24.3 Å². The number of nitrogens with two attached hydrogens (primary N) is 1. The molecule has 1 aromatic carbocycles. The number of rotatable bonds is 3. The van der Waals surface area contributed by atoms with Crippen LogP contribution in [0.15, 0.2) is 35.5 Å². The molecule has 106 valence electrons. The first-order valence-electron chi connectivity index (χ1n) is 5.41. The van der Waals surface area contributed by atoms with Crippen LogP contribution < -0.4 is 15.8 Å². The number of sulfonamides is 1. The van der Waals surface area contributed by atoms with Crippen molar-refractivity contribution in [2.45, 2.75) is 4.90 Å². The third kappa shape index (κ3) is 3.52. The fraction of sp³-hybridized carbons (Fsp3) is 0.100. The quantitative estimate of drug-likeness (QED) is 0.739. The van der Waals surface area contributed by atoms with E-state index < -0.39 is 16.1 Å². The first kappa shape index (κ1) is 14.0. The number of nitrogens with zero attached hydrogens (tertiary/aromatic N) is 3. The number of benzene rings is 1. The molecule has 0 saturated carbocycles. The Balaban J connectivity index is 2.01. The van der Waals surface area contributed by atoms with Gasteiger partial charge in [0.05, 0.1) is 4.90 Å². The average Bonchev–Trinajstić information content (AvgIpc) is 2.74. The highest BCUT2D eigenvalue weighted by molar-refractivity contribution is 7.89. The molecule has 1 heterocycles. The molecule has 1 aromatic heterocycles. The highest BCUT2D eigenvalue weighted by Crippen LogP contribution is 2.12. The van der Waals surface area contributed by atoms with Crippen molar-refractivity contribution in [1.29, 1.82) is 0 Å². The molecule has 0 saturated heterocycles. The summed E-state index contributed by atoms with van der Waals surface area (Å²) < 4.78 is 23.6. The molecule has 2 aromatic rings. The van der Waals surface area contributed by atoms with Crippen LogP contribution in [-0.4, -0.2) is 29.2 Å². The molecule has 0 aliphatic carbocycles. The minimum atomic E-state index is -3.74. The summed E-state index contributed by atoms with van der Waals surface area (Å²) in [6.07, 6.45) is 1.44. The van der Waals surface area contributed by atoms with Crippen LogP contribution in [0.25, 0.3) is 0 Å². The Morgan fingerprint density at radius 2 is 1.90 bits per heavy atom. The van der Waals surface area contributed by atoms with Gasteiger partial charge in [0.25, 0.3) is 0 Å². The Morgan fingerprint density at radius 1 is 1.25 bits per heavy atom. The number of nitrogens with one attached hydrogen (secondary N) is 2. The van der Waals surface area contributed by atoms with E-state index in [0.29, 0.717) is 5.69 Å². The zero-order valence-corrected chi connectivity index (χ0v) is 11.3. The minimum absolute atomic E-state index is 0.0325. The van der Waals surface area contributed by atoms with E-state index in [9.17, 15) is 13.2 Å². The second-order valence-corrected chi connectivity index (χ2v) is 5.45. The number of aromatic nitrogens is 3. The number of carbonyl (C=O) groups excluding carboxylic acids is 1. The largest absolute Gasteiger partial charge is 0.326 e. The second kappa shape index (κ2) is 5.27. The van der Waals surface area contributed by atoms with Crippen molar-refractivity contribution in [2.75, 3.05) is 10.6 Å². The number of anilines is 2. The van der Waals surface area contributed by atoms with Gasteiger partial charge in [0.15, 0.2) is 0 Å². The van der Waals surface area contributed by atoms with Gasteiger partial charge < -0.3 is 5.32 Å². The molecule has 0 aliphatic heterocycles. The molecule has 4 N–H and O–H groups in total. The van der Waals surface area contributed by atoms with Crippen LogP contribution in [0.5, 0.6) is 0 Å². The van der Waals surface area contributed by atoms with Crippen molar-refractivity contribution in [3.05, 3.63) is 30.6 Å². The van der Waals surface area contributed by atoms with Gasteiger partial charge in [-0.3, -0.25) is 10.00 Å². The van der Waals surface area contributed by atoms with E-state index in [0.717, 1.165) is 0 Å². The van der Waals surface area contributed by atoms with Gasteiger partial charge in [-0.25, -0.2) is 23.3 Å². The molecule has 0 atom stereocenters. The van der Waals surface area contributed by atoms with E-state index >= 15 is 0 Å². The van der Waals surface area contributed by atoms with E-state index in [4.69, 9.17) is 5.14 Å². The van der Waals surface area contributed by atoms with E-state index in [1.54, 1.807) is 7.05 Å². The molecular formula is C10H12N6O3S. The van der Waals surface area contributed by atoms with Gasteiger partial charge in [-0.15, -0.1) is 5.10 Å². The van der Waals surface area contributed by atoms with Crippen LogP contribution in [0.2, 0.25) is 0 Å². The van der Waals surface area contributed by atoms with Crippen LogP contribution >= 0.6 is 0 Å². The SMILES string of the molecule is Cn1cnc(NC(=O)Nc2ccc(S(N)(=O)=O)cc2)n1. The van der Waals surface area contributed by atoms with Gasteiger partial charge in [-0.1, -0.05) is 0 Å². The van der Waals surface area contributed by atoms with Gasteiger partial charge in [0, 0.05) is 12.7 Å². The molecular weight excluding hydrogens is 284 g/mol. The predicted molar refractivity (Wildman–Crippen MR) is 71.5 cm³/mol. The van der Waals surface area contributed by atoms with Crippen molar-refractivity contribution in [3.8, 4) is 0 Å². The van der Waals surface area contributed by atoms with E-state index in [1.165, 1.54) is 35.3 Å². The number of aryl methyl sites for hydroxylation is 1. The lowest BCUT2D eigenvalue weighted by Crippen LogP contribution is -2.20. The Morgan fingerprint density at radius 3 is 2.40 bits per heavy atom. The Kier molecular flexibility index (Phi) is 3.68. The van der Waals surface area contributed by atoms with E-state index in [1.807, 2.05) is 0 Å². The number of primary sulfonamides is 1. The maximum absolute atomic E-state index is 11.6. The summed E-state index contributed by atoms with van der Waals surface area (Å²) in [5.74, 6) is 0.158. The number of amides is 2. The Labute approximate surface area is 114 Å². The van der Waals surface area contributed by atoms with Gasteiger partial charge >= 0.3 is 6.03 Å². The molecule has 0 aliphatic rings. The number of hydrogen-bond donors (Lipinski definition) is 3. The normalized spacial score (nSPS) is 11.1. The van der Waals surface area contributed by atoms with Crippen LogP contribution in [0.1, 0.15) is 0 Å². The molecule has 2 rings (SSSR count). The molecule has 10 heteroatoms. The fourth-order valence-electron chi connectivity index (χ4n) is 1.39. The molecule has 0 bridgehead atoms. The number of carbonyl (C=O) groups is 1. The maximum Gasteiger partial charge on any atom is 0.326 e. The summed E-state index contributed by atoms with van der Waals surface area (Å²) >= 11 is 0. The molecule has 2 amide bonds. The smallest absolute Gasteiger partial charge is 0.308 e. The third-order valence-electron chi connectivity index (χ3n) is 2.27. The van der Waals surface area contributed by atoms with Crippen molar-refractivity contribution < 1.29 is 13.2 Å². The molecule has 0 radical (unpaired) electrons. The molecule has 0 spiro atoms. The Hall–Kier alpha value is -2.46. The fourth-order valence-corrected chi connectivity index (χ4v) is 1.90. The van der Waals surface area contributed by atoms with Gasteiger partial charge in [0.2, 0.25) is 16.0 Å². The van der Waals surface area contributed by atoms with Crippen LogP contribution in [0.3, 0.4) is 0 Å². The topological polar surface area (TPSA) is 132 Å². The summed E-state index contributed by atoms with van der Waals surface area (Å²) in [5, 5.41) is 13.8. The first-order valence-corrected chi connectivity index (χ1v) is 6.96. The predicted octanol–water partition coefficient (Wildman–Crippen LogP) is 0.106. The summed E-state index contributed by atoms with van der Waals surface area (Å²) in [6, 6.07) is 4.89. The first-order chi connectivity index (χ1) is 9.34. The lowest BCUT2D eigenvalue weighted by Gasteiger charge is -2.05. The zero-order valence-electron chi connectivity index (χ0n) is 10.4. The number of hydrogen-bond acceptors (Lipinski definition) is 5. The highest BCUT2D eigenvalue weighted by Gasteiger charge is 2.09. The van der Waals surface area contributed by atoms with Crippen molar-refractivity contribution in [3.63, 3.8) is 0 Å². The van der Waals surface area contributed by atoms with Crippen LogP contribution in [0.4, 0.5) is 16.4 Å². The summed E-state index contributed by atoms with van der Waals surface area (Å²) in [4.78, 5) is 15.4. The molecule has 0 unspecified atom stereocenters. The monoisotopic (exact) mass is 296 g/mol. The van der Waals surface area contributed by atoms with Crippen molar-refractivity contribution in [1.82, 2.24) is 14.8 Å². The molecule has 0 fully saturated rings. The van der Waals surface area contributed by atoms with Gasteiger partial charge in [0.1, 0.15) is 6.33 Å². The van der Waals surface area contributed by atoms with Crippen molar-refractivity contribution in [2.24, 2.45) is 12.2 Å². The summed E-state index contributed by atoms with van der Waals surface area (Å²) in [5.41, 5.74) is 0.408. The number of urea groups is 1. The minimum Gasteiger partial charge on any atom is -0.308 e. The standard InChI is InChI=1S/C10H12N6O3S/c1-16-6-12-9(15-16)14-10(17)13-7-2-4-8(5-3-7)20(11,18)19/h2-6H,1H3,(H2,11,18,19)(H2,13,14,15,17). The summed E-state index contributed by atoms with van der Waals surface area (Å²) in [6.45, 7) is 0. The molecule has 20 heavy (non-hydrogen) atoms. The molecule has 9 nitrogen and oxygen atoms in total. The zero-order chi connectivity index (χ0) is 14.8. The average molecular weight is 296 g/mol. The van der Waals surface area contributed by atoms with Gasteiger partial charge in [-0.2, -0.15) is 0 Å². The second-order valence-electron chi connectivity index (χ2n) is 3.89. The van der Waals surface area contributed by atoms with E-state index in [2.05, 4.69) is 20.7 Å². The van der Waals surface area contributed by atoms with Crippen LogP contribution in [-0.2, 0) is 17.1 Å². The van der Waals surface area contributed by atoms with E-state index in [-0.39, 0.29) is 10.8 Å². The highest BCUT2D eigenvalue weighted by atomic mass is 32.2. The Bertz CT molecular complexity index is 722. The third-order valence-corrected chi connectivity index (χ3v) is 3.19. The summed E-state index contributed by atoms with van der Waals surface area (Å²) in [7, 11) is -2.08. The lowest BCUT2D eigenvalue weighted by atomic mass is 10.3. The maximum atomic E-state index is 11.6. The van der Waals surface area contributed by atoms with Crippen molar-refractivity contribution >= 4 is 27.7 Å². The lowest BCUT2D eigenvalue weighted by molar-refractivity contribution is 0.262. The van der Waals surface area contributed by atoms with Crippen LogP contribution in [0, 0.1) is 0 Å².